The van der Waals surface area contributed by atoms with E-state index < -0.39 is 17.6 Å². The van der Waals surface area contributed by atoms with Gasteiger partial charge in [0, 0.05) is 64.2 Å². The van der Waals surface area contributed by atoms with Crippen LogP contribution in [0.3, 0.4) is 0 Å². The van der Waals surface area contributed by atoms with Crippen molar-refractivity contribution < 1.29 is 23.2 Å². The molecule has 0 amide bonds. The lowest BCUT2D eigenvalue weighted by atomic mass is 9.80. The number of ketones is 2. The number of Topliss-reactive ketones (excluding diaryl/α,β-unsaturated/α-hetero) is 2. The zero-order valence-corrected chi connectivity index (χ0v) is 16.6. The second-order valence-electron chi connectivity index (χ2n) is 7.30. The van der Waals surface area contributed by atoms with Crippen molar-refractivity contribution in [3.8, 4) is 0 Å². The normalized spacial score (nSPS) is 21.5. The monoisotopic (exact) mass is 407 g/mol. The molecule has 29 heavy (non-hydrogen) atoms. The second-order valence-corrected chi connectivity index (χ2v) is 7.30. The lowest BCUT2D eigenvalue weighted by Crippen LogP contribution is -2.47. The highest BCUT2D eigenvalue weighted by atomic mass is 19.2. The minimum absolute atomic E-state index is 0.000977. The van der Waals surface area contributed by atoms with E-state index in [4.69, 9.17) is 4.84 Å². The first-order valence-electron chi connectivity index (χ1n) is 10.0. The summed E-state index contributed by atoms with van der Waals surface area (Å²) < 4.78 is 27.4. The molecule has 0 spiro atoms. The molecule has 0 atom stereocenters. The van der Waals surface area contributed by atoms with Crippen molar-refractivity contribution in [2.45, 2.75) is 25.7 Å². The van der Waals surface area contributed by atoms with Crippen LogP contribution in [0.4, 0.5) is 8.78 Å². The molecule has 8 heteroatoms. The molecule has 0 aromatic heterocycles. The van der Waals surface area contributed by atoms with Crippen LogP contribution in [-0.4, -0.2) is 67.4 Å². The second kappa shape index (κ2) is 10.0. The van der Waals surface area contributed by atoms with E-state index in [2.05, 4.69) is 10.2 Å². The predicted molar refractivity (Wildman–Crippen MR) is 104 cm³/mol. The maximum absolute atomic E-state index is 14.0. The van der Waals surface area contributed by atoms with Gasteiger partial charge in [0.05, 0.1) is 12.2 Å². The molecule has 1 aromatic carbocycles. The minimum atomic E-state index is -0.979. The van der Waals surface area contributed by atoms with E-state index in [-0.39, 0.29) is 35.5 Å². The topological polar surface area (TPSA) is 61.9 Å². The van der Waals surface area contributed by atoms with Crippen LogP contribution < -0.4 is 5.32 Å². The third-order valence-corrected chi connectivity index (χ3v) is 5.35. The molecule has 6 nitrogen and oxygen atoms in total. The van der Waals surface area contributed by atoms with Gasteiger partial charge in [-0.05, 0) is 18.6 Å². The van der Waals surface area contributed by atoms with Gasteiger partial charge in [0.2, 0.25) is 0 Å². The van der Waals surface area contributed by atoms with Crippen molar-refractivity contribution in [3.63, 3.8) is 0 Å². The smallest absolute Gasteiger partial charge is 0.168 e. The SMILES string of the molecule is CCON1CCN(CCNC=C2C(=O)CC(c3cccc(F)c3F)CC2=O)CC1. The molecule has 1 aromatic rings. The van der Waals surface area contributed by atoms with Gasteiger partial charge in [-0.1, -0.05) is 12.1 Å². The highest BCUT2D eigenvalue weighted by molar-refractivity contribution is 6.22. The zero-order chi connectivity index (χ0) is 20.8. The van der Waals surface area contributed by atoms with Gasteiger partial charge in [-0.3, -0.25) is 19.3 Å². The molecule has 1 aliphatic heterocycles. The van der Waals surface area contributed by atoms with Crippen molar-refractivity contribution >= 4 is 11.6 Å². The summed E-state index contributed by atoms with van der Waals surface area (Å²) in [4.78, 5) is 32.6. The van der Waals surface area contributed by atoms with Crippen LogP contribution in [-0.2, 0) is 14.4 Å². The maximum atomic E-state index is 14.0. The number of carbonyl (C=O) groups is 2. The summed E-state index contributed by atoms with van der Waals surface area (Å²) >= 11 is 0. The van der Waals surface area contributed by atoms with Crippen LogP contribution >= 0.6 is 0 Å². The Kier molecular flexibility index (Phi) is 7.46. The molecule has 1 heterocycles. The number of nitrogens with one attached hydrogen (secondary N) is 1. The van der Waals surface area contributed by atoms with Gasteiger partial charge >= 0.3 is 0 Å². The van der Waals surface area contributed by atoms with E-state index in [1.54, 1.807) is 0 Å². The summed E-state index contributed by atoms with van der Waals surface area (Å²) in [5, 5.41) is 5.01. The molecule has 3 rings (SSSR count). The Morgan fingerprint density at radius 1 is 1.14 bits per heavy atom. The molecule has 2 aliphatic rings. The van der Waals surface area contributed by atoms with E-state index in [9.17, 15) is 18.4 Å². The number of piperazine rings is 1. The molecule has 0 radical (unpaired) electrons. The Morgan fingerprint density at radius 2 is 1.83 bits per heavy atom. The lowest BCUT2D eigenvalue weighted by Gasteiger charge is -2.33. The first-order valence-corrected chi connectivity index (χ1v) is 10.0. The number of benzene rings is 1. The number of nitrogens with zero attached hydrogens (tertiary/aromatic N) is 2. The number of carbonyl (C=O) groups excluding carboxylic acids is 2. The summed E-state index contributed by atoms with van der Waals surface area (Å²) in [6, 6.07) is 3.85. The molecule has 2 fully saturated rings. The van der Waals surface area contributed by atoms with Gasteiger partial charge < -0.3 is 5.32 Å². The van der Waals surface area contributed by atoms with Crippen molar-refractivity contribution in [1.82, 2.24) is 15.3 Å². The average molecular weight is 407 g/mol. The van der Waals surface area contributed by atoms with E-state index in [0.29, 0.717) is 13.2 Å². The van der Waals surface area contributed by atoms with Gasteiger partial charge in [0.15, 0.2) is 23.2 Å². The first kappa shape index (κ1) is 21.5. The van der Waals surface area contributed by atoms with Crippen LogP contribution in [0.5, 0.6) is 0 Å². The fourth-order valence-electron chi connectivity index (χ4n) is 3.77. The van der Waals surface area contributed by atoms with Crippen molar-refractivity contribution in [2.75, 3.05) is 45.9 Å². The summed E-state index contributed by atoms with van der Waals surface area (Å²) in [5.74, 6) is -3.24. The van der Waals surface area contributed by atoms with Gasteiger partial charge in [0.25, 0.3) is 0 Å². The standard InChI is InChI=1S/C21H27F2N3O3/c1-2-29-26-10-8-25(9-11-26)7-6-24-14-17-19(27)12-15(13-20(17)28)16-4-3-5-18(22)21(16)23/h3-5,14-15,24H,2,6-13H2,1H3. The predicted octanol–water partition coefficient (Wildman–Crippen LogP) is 2.02. The van der Waals surface area contributed by atoms with Crippen molar-refractivity contribution in [1.29, 1.82) is 0 Å². The van der Waals surface area contributed by atoms with Gasteiger partial charge in [-0.15, -0.1) is 0 Å². The molecule has 1 saturated carbocycles. The summed E-state index contributed by atoms with van der Waals surface area (Å²) in [6.07, 6.45) is 1.47. The number of hydroxylamine groups is 2. The molecule has 1 N–H and O–H groups in total. The van der Waals surface area contributed by atoms with Crippen LogP contribution in [0, 0.1) is 11.6 Å². The quantitative estimate of drug-likeness (QED) is 0.424. The summed E-state index contributed by atoms with van der Waals surface area (Å²) in [7, 11) is 0. The highest BCUT2D eigenvalue weighted by Gasteiger charge is 2.33. The van der Waals surface area contributed by atoms with E-state index in [1.165, 1.54) is 18.3 Å². The Balaban J connectivity index is 1.48. The molecule has 1 aliphatic carbocycles. The Bertz CT molecular complexity index is 756. The number of halogens is 2. The minimum Gasteiger partial charge on any atom is -0.389 e. The Morgan fingerprint density at radius 3 is 2.48 bits per heavy atom. The summed E-state index contributed by atoms with van der Waals surface area (Å²) in [6.45, 7) is 7.55. The third-order valence-electron chi connectivity index (χ3n) is 5.35. The Labute approximate surface area is 169 Å². The number of allylic oxidation sites excluding steroid dienone is 1. The van der Waals surface area contributed by atoms with Crippen LogP contribution in [0.25, 0.3) is 0 Å². The molecular formula is C21H27F2N3O3. The molecule has 0 bridgehead atoms. The van der Waals surface area contributed by atoms with Gasteiger partial charge in [0.1, 0.15) is 0 Å². The van der Waals surface area contributed by atoms with Gasteiger partial charge in [-0.25, -0.2) is 8.78 Å². The Hall–Kier alpha value is -2.16. The largest absolute Gasteiger partial charge is 0.389 e. The summed E-state index contributed by atoms with van der Waals surface area (Å²) in [5.41, 5.74) is 0.198. The average Bonchev–Trinajstić information content (AvgIpc) is 2.70. The van der Waals surface area contributed by atoms with Crippen LogP contribution in [0.15, 0.2) is 30.0 Å². The zero-order valence-electron chi connectivity index (χ0n) is 16.6. The fourth-order valence-corrected chi connectivity index (χ4v) is 3.77. The fraction of sp³-hybridized carbons (Fsp3) is 0.524. The molecule has 1 saturated heterocycles. The third kappa shape index (κ3) is 5.46. The maximum Gasteiger partial charge on any atom is 0.168 e. The number of rotatable bonds is 7. The van der Waals surface area contributed by atoms with Crippen molar-refractivity contribution in [2.24, 2.45) is 0 Å². The highest BCUT2D eigenvalue weighted by Crippen LogP contribution is 2.33. The number of hydrogen-bond acceptors (Lipinski definition) is 6. The molecular weight excluding hydrogens is 380 g/mol. The van der Waals surface area contributed by atoms with E-state index >= 15 is 0 Å². The van der Waals surface area contributed by atoms with E-state index in [1.807, 2.05) is 12.0 Å². The molecule has 158 valence electrons. The number of hydrogen-bond donors (Lipinski definition) is 1. The molecule has 0 unspecified atom stereocenters. The van der Waals surface area contributed by atoms with E-state index in [0.717, 1.165) is 38.8 Å². The van der Waals surface area contributed by atoms with Crippen LogP contribution in [0.2, 0.25) is 0 Å². The van der Waals surface area contributed by atoms with Crippen molar-refractivity contribution in [3.05, 3.63) is 47.2 Å². The lowest BCUT2D eigenvalue weighted by molar-refractivity contribution is -0.172. The van der Waals surface area contributed by atoms with Gasteiger partial charge in [-0.2, -0.15) is 5.06 Å². The van der Waals surface area contributed by atoms with Crippen LogP contribution in [0.1, 0.15) is 31.2 Å². The first-order chi connectivity index (χ1) is 14.0.